The van der Waals surface area contributed by atoms with Gasteiger partial charge in [-0.15, -0.1) is 0 Å². The lowest BCUT2D eigenvalue weighted by atomic mass is 10.3. The van der Waals surface area contributed by atoms with Crippen LogP contribution in [-0.4, -0.2) is 34.2 Å². The molecule has 6 nitrogen and oxygen atoms in total. The maximum absolute atomic E-state index is 11.6. The minimum absolute atomic E-state index is 0.0616. The fourth-order valence-electron chi connectivity index (χ4n) is 2.83. The standard InChI is InChI=1S/C17H23N5O/c23-17-7-1-3-11-22(17)12-4-2-8-18-15-13-16(20-14-19-15)21-9-5-6-10-21/h1,3,7,11,13-14H,2,4-6,8-10,12H2,(H,18,19,20). The van der Waals surface area contributed by atoms with Gasteiger partial charge in [0, 0.05) is 44.5 Å². The number of hydrogen-bond acceptors (Lipinski definition) is 5. The van der Waals surface area contributed by atoms with Crippen molar-refractivity contribution in [3.05, 3.63) is 47.1 Å². The summed E-state index contributed by atoms with van der Waals surface area (Å²) in [7, 11) is 0. The monoisotopic (exact) mass is 313 g/mol. The number of nitrogens with zero attached hydrogens (tertiary/aromatic N) is 4. The van der Waals surface area contributed by atoms with Crippen LogP contribution in [0.25, 0.3) is 0 Å². The fraction of sp³-hybridized carbons (Fsp3) is 0.471. The zero-order valence-corrected chi connectivity index (χ0v) is 13.3. The van der Waals surface area contributed by atoms with Gasteiger partial charge in [-0.1, -0.05) is 6.07 Å². The highest BCUT2D eigenvalue weighted by Crippen LogP contribution is 2.19. The fourth-order valence-corrected chi connectivity index (χ4v) is 2.83. The highest BCUT2D eigenvalue weighted by molar-refractivity contribution is 5.48. The molecule has 122 valence electrons. The van der Waals surface area contributed by atoms with Gasteiger partial charge in [0.1, 0.15) is 18.0 Å². The Bertz CT molecular complexity index is 678. The van der Waals surface area contributed by atoms with Gasteiger partial charge in [-0.05, 0) is 31.7 Å². The number of pyridine rings is 1. The molecule has 1 saturated heterocycles. The van der Waals surface area contributed by atoms with Crippen LogP contribution >= 0.6 is 0 Å². The van der Waals surface area contributed by atoms with Crippen molar-refractivity contribution in [3.8, 4) is 0 Å². The number of aryl methyl sites for hydroxylation is 1. The highest BCUT2D eigenvalue weighted by Gasteiger charge is 2.13. The summed E-state index contributed by atoms with van der Waals surface area (Å²) in [5.41, 5.74) is 0.0616. The van der Waals surface area contributed by atoms with Gasteiger partial charge < -0.3 is 14.8 Å². The van der Waals surface area contributed by atoms with E-state index in [0.29, 0.717) is 0 Å². The SMILES string of the molecule is O=c1ccccn1CCCCNc1cc(N2CCCC2)ncn1. The lowest BCUT2D eigenvalue weighted by Gasteiger charge is -2.16. The van der Waals surface area contributed by atoms with E-state index in [9.17, 15) is 4.79 Å². The Labute approximate surface area is 136 Å². The second kappa shape index (κ2) is 7.76. The molecule has 1 aliphatic heterocycles. The van der Waals surface area contributed by atoms with Crippen molar-refractivity contribution >= 4 is 11.6 Å². The molecule has 0 atom stereocenters. The molecule has 0 radical (unpaired) electrons. The van der Waals surface area contributed by atoms with Gasteiger partial charge in [0.2, 0.25) is 5.56 Å². The van der Waals surface area contributed by atoms with Crippen LogP contribution in [0.4, 0.5) is 11.6 Å². The third-order valence-corrected chi connectivity index (χ3v) is 4.11. The van der Waals surface area contributed by atoms with Crippen LogP contribution in [0, 0.1) is 0 Å². The normalized spacial score (nSPS) is 14.2. The molecule has 6 heteroatoms. The Hall–Kier alpha value is -2.37. The van der Waals surface area contributed by atoms with Gasteiger partial charge in [-0.3, -0.25) is 4.79 Å². The van der Waals surface area contributed by atoms with Crippen LogP contribution < -0.4 is 15.8 Å². The molecule has 0 aromatic carbocycles. The van der Waals surface area contributed by atoms with E-state index in [-0.39, 0.29) is 5.56 Å². The van der Waals surface area contributed by atoms with E-state index >= 15 is 0 Å². The lowest BCUT2D eigenvalue weighted by molar-refractivity contribution is 0.604. The average molecular weight is 313 g/mol. The first-order valence-corrected chi connectivity index (χ1v) is 8.29. The van der Waals surface area contributed by atoms with Gasteiger partial charge >= 0.3 is 0 Å². The molecule has 1 aliphatic rings. The quantitative estimate of drug-likeness (QED) is 0.793. The summed E-state index contributed by atoms with van der Waals surface area (Å²) in [5.74, 6) is 1.88. The van der Waals surface area contributed by atoms with Crippen LogP contribution in [-0.2, 0) is 6.54 Å². The maximum atomic E-state index is 11.6. The van der Waals surface area contributed by atoms with Crippen LogP contribution in [0.3, 0.4) is 0 Å². The van der Waals surface area contributed by atoms with Gasteiger partial charge in [0.25, 0.3) is 0 Å². The largest absolute Gasteiger partial charge is 0.370 e. The molecule has 0 aliphatic carbocycles. The van der Waals surface area contributed by atoms with E-state index in [1.165, 1.54) is 12.8 Å². The molecule has 0 amide bonds. The highest BCUT2D eigenvalue weighted by atomic mass is 16.1. The Kier molecular flexibility index (Phi) is 5.24. The Morgan fingerprint density at radius 1 is 1.13 bits per heavy atom. The van der Waals surface area contributed by atoms with Crippen LogP contribution in [0.15, 0.2) is 41.6 Å². The number of unbranched alkanes of at least 4 members (excludes halogenated alkanes) is 1. The summed E-state index contributed by atoms with van der Waals surface area (Å²) >= 11 is 0. The van der Waals surface area contributed by atoms with Gasteiger partial charge in [0.05, 0.1) is 0 Å². The third kappa shape index (κ3) is 4.31. The van der Waals surface area contributed by atoms with Crippen molar-refractivity contribution in [2.45, 2.75) is 32.2 Å². The van der Waals surface area contributed by atoms with Crippen molar-refractivity contribution < 1.29 is 0 Å². The van der Waals surface area contributed by atoms with Crippen molar-refractivity contribution in [1.82, 2.24) is 14.5 Å². The Balaban J connectivity index is 1.43. The van der Waals surface area contributed by atoms with Gasteiger partial charge in [-0.25, -0.2) is 9.97 Å². The predicted molar refractivity (Wildman–Crippen MR) is 91.9 cm³/mol. The average Bonchev–Trinajstić information content (AvgIpc) is 3.11. The molecule has 0 bridgehead atoms. The van der Waals surface area contributed by atoms with E-state index in [0.717, 1.165) is 50.7 Å². The first-order chi connectivity index (χ1) is 11.3. The topological polar surface area (TPSA) is 63.1 Å². The summed E-state index contributed by atoms with van der Waals surface area (Å²) in [6.07, 6.45) is 7.89. The van der Waals surface area contributed by atoms with E-state index < -0.39 is 0 Å². The van der Waals surface area contributed by atoms with E-state index in [1.54, 1.807) is 23.0 Å². The van der Waals surface area contributed by atoms with Crippen molar-refractivity contribution in [1.29, 1.82) is 0 Å². The van der Waals surface area contributed by atoms with Crippen LogP contribution in [0.2, 0.25) is 0 Å². The van der Waals surface area contributed by atoms with E-state index in [4.69, 9.17) is 0 Å². The molecular formula is C17H23N5O. The van der Waals surface area contributed by atoms with Gasteiger partial charge in [-0.2, -0.15) is 0 Å². The molecule has 3 rings (SSSR count). The first-order valence-electron chi connectivity index (χ1n) is 8.29. The third-order valence-electron chi connectivity index (χ3n) is 4.11. The van der Waals surface area contributed by atoms with E-state index in [1.807, 2.05) is 18.3 Å². The maximum Gasteiger partial charge on any atom is 0.250 e. The summed E-state index contributed by atoms with van der Waals surface area (Å²) in [6.45, 7) is 3.77. The van der Waals surface area contributed by atoms with Crippen LogP contribution in [0.5, 0.6) is 0 Å². The van der Waals surface area contributed by atoms with Crippen molar-refractivity contribution in [2.24, 2.45) is 0 Å². The number of hydrogen-bond donors (Lipinski definition) is 1. The smallest absolute Gasteiger partial charge is 0.250 e. The minimum Gasteiger partial charge on any atom is -0.370 e. The number of rotatable bonds is 7. The number of anilines is 2. The molecule has 2 aromatic heterocycles. The molecule has 1 N–H and O–H groups in total. The zero-order chi connectivity index (χ0) is 15.9. The van der Waals surface area contributed by atoms with Crippen molar-refractivity contribution in [3.63, 3.8) is 0 Å². The first kappa shape index (κ1) is 15.5. The van der Waals surface area contributed by atoms with Crippen LogP contribution in [0.1, 0.15) is 25.7 Å². The second-order valence-corrected chi connectivity index (χ2v) is 5.82. The molecule has 3 heterocycles. The molecular weight excluding hydrogens is 290 g/mol. The predicted octanol–water partition coefficient (Wildman–Crippen LogP) is 2.13. The molecule has 1 fully saturated rings. The number of nitrogens with one attached hydrogen (secondary N) is 1. The molecule has 0 saturated carbocycles. The Morgan fingerprint density at radius 3 is 2.83 bits per heavy atom. The summed E-state index contributed by atoms with van der Waals surface area (Å²) in [5, 5.41) is 3.34. The zero-order valence-electron chi connectivity index (χ0n) is 13.3. The summed E-state index contributed by atoms with van der Waals surface area (Å²) < 4.78 is 1.75. The van der Waals surface area contributed by atoms with Gasteiger partial charge in [0.15, 0.2) is 0 Å². The molecule has 23 heavy (non-hydrogen) atoms. The Morgan fingerprint density at radius 2 is 2.00 bits per heavy atom. The molecule has 2 aromatic rings. The summed E-state index contributed by atoms with van der Waals surface area (Å²) in [6, 6.07) is 7.28. The summed E-state index contributed by atoms with van der Waals surface area (Å²) in [4.78, 5) is 22.5. The minimum atomic E-state index is 0.0616. The second-order valence-electron chi connectivity index (χ2n) is 5.82. The van der Waals surface area contributed by atoms with E-state index in [2.05, 4.69) is 20.2 Å². The van der Waals surface area contributed by atoms with Crippen molar-refractivity contribution in [2.75, 3.05) is 29.9 Å². The number of aromatic nitrogens is 3. The molecule has 0 unspecified atom stereocenters. The lowest BCUT2D eigenvalue weighted by Crippen LogP contribution is -2.19. The molecule has 0 spiro atoms.